The Morgan fingerprint density at radius 1 is 0.935 bits per heavy atom. The lowest BCUT2D eigenvalue weighted by atomic mass is 9.74. The summed E-state index contributed by atoms with van der Waals surface area (Å²) in [5.74, 6) is 0.609. The Morgan fingerprint density at radius 2 is 1.58 bits per heavy atom. The number of fused-ring (bicyclic) bond motifs is 2. The van der Waals surface area contributed by atoms with Crippen molar-refractivity contribution in [2.75, 3.05) is 19.8 Å². The maximum atomic E-state index is 14.0. The van der Waals surface area contributed by atoms with Crippen molar-refractivity contribution in [3.8, 4) is 11.5 Å². The van der Waals surface area contributed by atoms with Crippen molar-refractivity contribution in [3.05, 3.63) is 95.3 Å². The van der Waals surface area contributed by atoms with Crippen LogP contribution in [0.15, 0.2) is 72.8 Å². The van der Waals surface area contributed by atoms with Gasteiger partial charge < -0.3 is 14.8 Å². The first-order valence-electron chi connectivity index (χ1n) is 10.6. The Bertz CT molecular complexity index is 1060. The highest BCUT2D eigenvalue weighted by Crippen LogP contribution is 2.44. The molecule has 2 aliphatic heterocycles. The second-order valence-corrected chi connectivity index (χ2v) is 8.23. The van der Waals surface area contributed by atoms with E-state index < -0.39 is 5.92 Å². The number of nitrogens with one attached hydrogen (secondary N) is 1. The minimum atomic E-state index is -0.453. The second-order valence-electron chi connectivity index (χ2n) is 8.23. The van der Waals surface area contributed by atoms with Gasteiger partial charge in [-0.05, 0) is 42.7 Å². The largest absolute Gasteiger partial charge is 0.457 e. The van der Waals surface area contributed by atoms with Gasteiger partial charge in [0.25, 0.3) is 0 Å². The van der Waals surface area contributed by atoms with Gasteiger partial charge in [-0.1, -0.05) is 48.5 Å². The Hall–Kier alpha value is -3.18. The number of benzene rings is 3. The van der Waals surface area contributed by atoms with Crippen LogP contribution in [-0.2, 0) is 14.9 Å². The van der Waals surface area contributed by atoms with E-state index in [0.29, 0.717) is 31.3 Å². The summed E-state index contributed by atoms with van der Waals surface area (Å²) in [7, 11) is 0. The van der Waals surface area contributed by atoms with Gasteiger partial charge in [-0.15, -0.1) is 0 Å². The number of hydrogen-bond donors (Lipinski definition) is 1. The van der Waals surface area contributed by atoms with Gasteiger partial charge in [0.2, 0.25) is 5.91 Å². The monoisotopic (exact) mass is 417 g/mol. The molecule has 3 aromatic carbocycles. The van der Waals surface area contributed by atoms with E-state index in [4.69, 9.17) is 9.47 Å². The number of amides is 1. The van der Waals surface area contributed by atoms with Gasteiger partial charge in [0, 0.05) is 36.3 Å². The van der Waals surface area contributed by atoms with Crippen LogP contribution in [0.4, 0.5) is 4.39 Å². The molecule has 5 rings (SSSR count). The molecule has 0 unspecified atom stereocenters. The van der Waals surface area contributed by atoms with E-state index in [-0.39, 0.29) is 17.1 Å². The highest BCUT2D eigenvalue weighted by molar-refractivity contribution is 5.89. The number of carbonyl (C=O) groups is 1. The molecule has 2 aliphatic rings. The zero-order valence-corrected chi connectivity index (χ0v) is 17.1. The Balaban J connectivity index is 1.45. The van der Waals surface area contributed by atoms with Gasteiger partial charge in [0.1, 0.15) is 17.3 Å². The van der Waals surface area contributed by atoms with Crippen LogP contribution in [0.1, 0.15) is 35.4 Å². The van der Waals surface area contributed by atoms with Gasteiger partial charge in [-0.2, -0.15) is 0 Å². The lowest BCUT2D eigenvalue weighted by Crippen LogP contribution is -2.46. The standard InChI is InChI=1S/C26H24FNO3/c27-19-7-5-6-18(16-19)26(12-14-30-15-13-26)17-28-25(29)24-20-8-1-3-10-22(20)31-23-11-4-2-9-21(23)24/h1-11,16,24H,12-15,17H2,(H,28,29). The Morgan fingerprint density at radius 3 is 2.23 bits per heavy atom. The molecule has 2 heterocycles. The SMILES string of the molecule is O=C(NCC1(c2cccc(F)c2)CCOCC1)C1c2ccccc2Oc2ccccc21. The van der Waals surface area contributed by atoms with Crippen molar-refractivity contribution < 1.29 is 18.7 Å². The van der Waals surface area contributed by atoms with Crippen LogP contribution < -0.4 is 10.1 Å². The van der Waals surface area contributed by atoms with E-state index in [0.717, 1.165) is 29.5 Å². The summed E-state index contributed by atoms with van der Waals surface area (Å²) in [5, 5.41) is 3.19. The van der Waals surface area contributed by atoms with Crippen LogP contribution in [-0.4, -0.2) is 25.7 Å². The summed E-state index contributed by atoms with van der Waals surface area (Å²) >= 11 is 0. The molecule has 0 bridgehead atoms. The molecule has 5 heteroatoms. The van der Waals surface area contributed by atoms with Gasteiger partial charge in [-0.25, -0.2) is 4.39 Å². The molecule has 1 fully saturated rings. The molecule has 158 valence electrons. The maximum absolute atomic E-state index is 14.0. The summed E-state index contributed by atoms with van der Waals surface area (Å²) in [6.07, 6.45) is 1.47. The van der Waals surface area contributed by atoms with Crippen molar-refractivity contribution in [2.45, 2.75) is 24.2 Å². The first-order valence-corrected chi connectivity index (χ1v) is 10.6. The lowest BCUT2D eigenvalue weighted by molar-refractivity contribution is -0.122. The first-order chi connectivity index (χ1) is 15.2. The molecule has 4 nitrogen and oxygen atoms in total. The van der Waals surface area contributed by atoms with Crippen LogP contribution in [0, 0.1) is 5.82 Å². The van der Waals surface area contributed by atoms with Crippen LogP contribution in [0.3, 0.4) is 0 Å². The average molecular weight is 417 g/mol. The van der Waals surface area contributed by atoms with Crippen molar-refractivity contribution in [3.63, 3.8) is 0 Å². The fourth-order valence-electron chi connectivity index (χ4n) is 4.70. The van der Waals surface area contributed by atoms with Crippen molar-refractivity contribution in [1.29, 1.82) is 0 Å². The number of ether oxygens (including phenoxy) is 2. The zero-order chi connectivity index (χ0) is 21.3. The average Bonchev–Trinajstić information content (AvgIpc) is 2.81. The Labute approximate surface area is 181 Å². The molecule has 0 radical (unpaired) electrons. The fraction of sp³-hybridized carbons (Fsp3) is 0.269. The highest BCUT2D eigenvalue weighted by Gasteiger charge is 2.37. The van der Waals surface area contributed by atoms with Crippen LogP contribution in [0.5, 0.6) is 11.5 Å². The smallest absolute Gasteiger partial charge is 0.232 e. The minimum Gasteiger partial charge on any atom is -0.457 e. The van der Waals surface area contributed by atoms with E-state index in [2.05, 4.69) is 5.32 Å². The topological polar surface area (TPSA) is 47.6 Å². The number of hydrogen-bond acceptors (Lipinski definition) is 3. The van der Waals surface area contributed by atoms with E-state index in [1.54, 1.807) is 12.1 Å². The van der Waals surface area contributed by atoms with Crippen LogP contribution in [0.25, 0.3) is 0 Å². The number of para-hydroxylation sites is 2. The summed E-state index contributed by atoms with van der Waals surface area (Å²) in [6.45, 7) is 1.62. The summed E-state index contributed by atoms with van der Waals surface area (Å²) in [5.41, 5.74) is 2.26. The maximum Gasteiger partial charge on any atom is 0.232 e. The third-order valence-electron chi connectivity index (χ3n) is 6.43. The minimum absolute atomic E-state index is 0.0783. The molecule has 0 atom stereocenters. The molecule has 1 amide bonds. The number of carbonyl (C=O) groups excluding carboxylic acids is 1. The highest BCUT2D eigenvalue weighted by atomic mass is 19.1. The fourth-order valence-corrected chi connectivity index (χ4v) is 4.70. The molecule has 0 aliphatic carbocycles. The zero-order valence-electron chi connectivity index (χ0n) is 17.1. The van der Waals surface area contributed by atoms with E-state index >= 15 is 0 Å². The first kappa shape index (κ1) is 19.8. The normalized spacial score (nSPS) is 17.2. The van der Waals surface area contributed by atoms with Gasteiger partial charge in [0.15, 0.2) is 0 Å². The Kier molecular flexibility index (Phi) is 5.20. The molecule has 1 N–H and O–H groups in total. The quantitative estimate of drug-likeness (QED) is 0.655. The van der Waals surface area contributed by atoms with E-state index in [1.165, 1.54) is 6.07 Å². The summed E-state index contributed by atoms with van der Waals surface area (Å²) < 4.78 is 25.6. The number of halogens is 1. The van der Waals surface area contributed by atoms with Gasteiger partial charge >= 0.3 is 0 Å². The summed E-state index contributed by atoms with van der Waals surface area (Å²) in [4.78, 5) is 13.5. The number of rotatable bonds is 4. The second kappa shape index (κ2) is 8.16. The molecule has 1 saturated heterocycles. The molecular formula is C26H24FNO3. The van der Waals surface area contributed by atoms with E-state index in [9.17, 15) is 9.18 Å². The lowest BCUT2D eigenvalue weighted by Gasteiger charge is -2.38. The third-order valence-corrected chi connectivity index (χ3v) is 6.43. The molecule has 0 aromatic heterocycles. The van der Waals surface area contributed by atoms with Crippen LogP contribution >= 0.6 is 0 Å². The predicted octanol–water partition coefficient (Wildman–Crippen LogP) is 4.93. The van der Waals surface area contributed by atoms with Gasteiger partial charge in [0.05, 0.1) is 5.92 Å². The summed E-state index contributed by atoms with van der Waals surface area (Å²) in [6, 6.07) is 22.0. The molecule has 31 heavy (non-hydrogen) atoms. The molecule has 3 aromatic rings. The molecule has 0 spiro atoms. The van der Waals surface area contributed by atoms with Crippen molar-refractivity contribution in [1.82, 2.24) is 5.32 Å². The third kappa shape index (κ3) is 3.70. The van der Waals surface area contributed by atoms with Crippen molar-refractivity contribution >= 4 is 5.91 Å². The predicted molar refractivity (Wildman–Crippen MR) is 116 cm³/mol. The van der Waals surface area contributed by atoms with Crippen molar-refractivity contribution in [2.24, 2.45) is 0 Å². The van der Waals surface area contributed by atoms with Crippen LogP contribution in [0.2, 0.25) is 0 Å². The van der Waals surface area contributed by atoms with E-state index in [1.807, 2.05) is 54.6 Å². The molecule has 0 saturated carbocycles. The molecular weight excluding hydrogens is 393 g/mol. The van der Waals surface area contributed by atoms with Gasteiger partial charge in [-0.3, -0.25) is 4.79 Å².